The van der Waals surface area contributed by atoms with Gasteiger partial charge in [-0.25, -0.2) is 4.79 Å². The van der Waals surface area contributed by atoms with E-state index in [9.17, 15) is 18.0 Å². The second-order valence-corrected chi connectivity index (χ2v) is 5.28. The number of hydrogen-bond acceptors (Lipinski definition) is 2. The largest absolute Gasteiger partial charge is 0.416 e. The molecule has 116 valence electrons. The van der Waals surface area contributed by atoms with Crippen LogP contribution in [0.15, 0.2) is 24.3 Å². The molecule has 1 fully saturated rings. The number of anilines is 1. The maximum Gasteiger partial charge on any atom is 0.416 e. The van der Waals surface area contributed by atoms with Crippen LogP contribution in [0.4, 0.5) is 23.7 Å². The van der Waals surface area contributed by atoms with E-state index in [0.29, 0.717) is 0 Å². The Morgan fingerprint density at radius 3 is 2.81 bits per heavy atom. The van der Waals surface area contributed by atoms with E-state index in [2.05, 4.69) is 15.5 Å². The highest BCUT2D eigenvalue weighted by molar-refractivity contribution is 5.89. The number of benzene rings is 1. The fraction of sp³-hybridized carbons (Fsp3) is 0.500. The van der Waals surface area contributed by atoms with E-state index in [1.54, 1.807) is 0 Å². The zero-order valence-electron chi connectivity index (χ0n) is 11.7. The standard InChI is InChI=1S/C14H18F3N3O/c1-20-7-3-6-12(9-20)19-13(21)18-11-5-2-4-10(8-11)14(15,16)17/h2,4-5,8,12H,3,6-7,9H2,1H3,(H2,18,19,21)/t12-/m1/s1. The zero-order valence-corrected chi connectivity index (χ0v) is 11.7. The van der Waals surface area contributed by atoms with Crippen molar-refractivity contribution in [3.05, 3.63) is 29.8 Å². The molecule has 2 N–H and O–H groups in total. The summed E-state index contributed by atoms with van der Waals surface area (Å²) in [5.74, 6) is 0. The average Bonchev–Trinajstić information content (AvgIpc) is 2.37. The van der Waals surface area contributed by atoms with Crippen LogP contribution in [0.25, 0.3) is 0 Å². The second kappa shape index (κ2) is 6.34. The van der Waals surface area contributed by atoms with Crippen molar-refractivity contribution >= 4 is 11.7 Å². The first-order valence-corrected chi connectivity index (χ1v) is 6.78. The Hall–Kier alpha value is -1.76. The summed E-state index contributed by atoms with van der Waals surface area (Å²) in [4.78, 5) is 13.9. The molecule has 0 bridgehead atoms. The highest BCUT2D eigenvalue weighted by atomic mass is 19.4. The molecule has 0 aromatic heterocycles. The maximum atomic E-state index is 12.6. The Bertz CT molecular complexity index is 504. The topological polar surface area (TPSA) is 44.4 Å². The number of nitrogens with one attached hydrogen (secondary N) is 2. The van der Waals surface area contributed by atoms with Gasteiger partial charge in [0.25, 0.3) is 0 Å². The predicted molar refractivity (Wildman–Crippen MR) is 74.1 cm³/mol. The van der Waals surface area contributed by atoms with Gasteiger partial charge in [0.2, 0.25) is 0 Å². The number of carbonyl (C=O) groups excluding carboxylic acids is 1. The van der Waals surface area contributed by atoms with E-state index in [4.69, 9.17) is 0 Å². The summed E-state index contributed by atoms with van der Waals surface area (Å²) in [6, 6.07) is 4.14. The van der Waals surface area contributed by atoms with Gasteiger partial charge in [-0.2, -0.15) is 13.2 Å². The Kier molecular flexibility index (Phi) is 4.72. The first kappa shape index (κ1) is 15.6. The van der Waals surface area contributed by atoms with E-state index >= 15 is 0 Å². The molecule has 1 aromatic carbocycles. The first-order chi connectivity index (χ1) is 9.84. The van der Waals surface area contributed by atoms with E-state index in [1.165, 1.54) is 12.1 Å². The van der Waals surface area contributed by atoms with Crippen LogP contribution in [0.3, 0.4) is 0 Å². The second-order valence-electron chi connectivity index (χ2n) is 5.28. The Labute approximate surface area is 121 Å². The number of amides is 2. The Morgan fingerprint density at radius 2 is 2.14 bits per heavy atom. The SMILES string of the molecule is CN1CCC[C@@H](NC(=O)Nc2cccc(C(F)(F)F)c2)C1. The van der Waals surface area contributed by atoms with Gasteiger partial charge in [-0.1, -0.05) is 6.07 Å². The molecule has 0 aliphatic carbocycles. The van der Waals surface area contributed by atoms with Crippen molar-refractivity contribution in [3.8, 4) is 0 Å². The summed E-state index contributed by atoms with van der Waals surface area (Å²) in [6.07, 6.45) is -2.55. The number of nitrogens with zero attached hydrogens (tertiary/aromatic N) is 1. The van der Waals surface area contributed by atoms with Crippen LogP contribution in [0, 0.1) is 0 Å². The number of halogens is 3. The van der Waals surface area contributed by atoms with Crippen LogP contribution in [0.5, 0.6) is 0 Å². The van der Waals surface area contributed by atoms with Crippen LogP contribution < -0.4 is 10.6 Å². The number of rotatable bonds is 2. The minimum Gasteiger partial charge on any atom is -0.334 e. The van der Waals surface area contributed by atoms with E-state index in [0.717, 1.165) is 38.1 Å². The zero-order chi connectivity index (χ0) is 15.5. The fourth-order valence-electron chi connectivity index (χ4n) is 2.41. The van der Waals surface area contributed by atoms with Gasteiger partial charge in [-0.05, 0) is 44.6 Å². The molecule has 7 heteroatoms. The first-order valence-electron chi connectivity index (χ1n) is 6.78. The van der Waals surface area contributed by atoms with Crippen LogP contribution in [0.2, 0.25) is 0 Å². The summed E-state index contributed by atoms with van der Waals surface area (Å²) in [5.41, 5.74) is -0.649. The number of likely N-dealkylation sites (tertiary alicyclic amines) is 1. The van der Waals surface area contributed by atoms with Crippen molar-refractivity contribution < 1.29 is 18.0 Å². The third-order valence-corrected chi connectivity index (χ3v) is 3.41. The lowest BCUT2D eigenvalue weighted by Crippen LogP contribution is -2.47. The number of likely N-dealkylation sites (N-methyl/N-ethyl adjacent to an activating group) is 1. The van der Waals surface area contributed by atoms with Crippen molar-refractivity contribution in [3.63, 3.8) is 0 Å². The smallest absolute Gasteiger partial charge is 0.334 e. The molecule has 21 heavy (non-hydrogen) atoms. The molecule has 1 aliphatic rings. The summed E-state index contributed by atoms with van der Waals surface area (Å²) in [7, 11) is 1.97. The molecule has 1 aliphatic heterocycles. The molecule has 1 heterocycles. The van der Waals surface area contributed by atoms with Crippen LogP contribution in [-0.2, 0) is 6.18 Å². The average molecular weight is 301 g/mol. The van der Waals surface area contributed by atoms with Crippen LogP contribution in [0.1, 0.15) is 18.4 Å². The van der Waals surface area contributed by atoms with Gasteiger partial charge >= 0.3 is 12.2 Å². The lowest BCUT2D eigenvalue weighted by atomic mass is 10.1. The molecule has 0 spiro atoms. The summed E-state index contributed by atoms with van der Waals surface area (Å²) < 4.78 is 37.8. The van der Waals surface area contributed by atoms with Crippen molar-refractivity contribution in [1.29, 1.82) is 0 Å². The number of piperidine rings is 1. The maximum absolute atomic E-state index is 12.6. The van der Waals surface area contributed by atoms with Gasteiger partial charge in [-0.15, -0.1) is 0 Å². The van der Waals surface area contributed by atoms with Gasteiger partial charge < -0.3 is 15.5 Å². The highest BCUT2D eigenvalue weighted by Crippen LogP contribution is 2.30. The molecule has 0 saturated carbocycles. The molecule has 0 unspecified atom stereocenters. The molecule has 2 rings (SSSR count). The minimum absolute atomic E-state index is 0.0227. The van der Waals surface area contributed by atoms with Crippen molar-refractivity contribution in [2.75, 3.05) is 25.5 Å². The van der Waals surface area contributed by atoms with Gasteiger partial charge in [0.1, 0.15) is 0 Å². The predicted octanol–water partition coefficient (Wildman–Crippen LogP) is 2.92. The molecule has 2 amide bonds. The molecule has 1 saturated heterocycles. The van der Waals surface area contributed by atoms with Crippen LogP contribution in [-0.4, -0.2) is 37.1 Å². The number of carbonyl (C=O) groups is 1. The third kappa shape index (κ3) is 4.63. The normalized spacial score (nSPS) is 20.1. The Balaban J connectivity index is 1.93. The molecule has 1 atom stereocenters. The molecular weight excluding hydrogens is 283 g/mol. The fourth-order valence-corrected chi connectivity index (χ4v) is 2.41. The Morgan fingerprint density at radius 1 is 1.38 bits per heavy atom. The van der Waals surface area contributed by atoms with Crippen molar-refractivity contribution in [2.24, 2.45) is 0 Å². The molecule has 4 nitrogen and oxygen atoms in total. The summed E-state index contributed by atoms with van der Waals surface area (Å²) >= 11 is 0. The van der Waals surface area contributed by atoms with Gasteiger partial charge in [0.05, 0.1) is 5.56 Å². The lowest BCUT2D eigenvalue weighted by molar-refractivity contribution is -0.137. The monoisotopic (exact) mass is 301 g/mol. The highest BCUT2D eigenvalue weighted by Gasteiger charge is 2.30. The number of hydrogen-bond donors (Lipinski definition) is 2. The minimum atomic E-state index is -4.42. The van der Waals surface area contributed by atoms with Gasteiger partial charge in [0, 0.05) is 18.3 Å². The van der Waals surface area contributed by atoms with E-state index in [-0.39, 0.29) is 11.7 Å². The van der Waals surface area contributed by atoms with E-state index < -0.39 is 17.8 Å². The van der Waals surface area contributed by atoms with Gasteiger partial charge in [0.15, 0.2) is 0 Å². The number of urea groups is 1. The lowest BCUT2D eigenvalue weighted by Gasteiger charge is -2.30. The molecular formula is C14H18F3N3O. The van der Waals surface area contributed by atoms with Crippen molar-refractivity contribution in [1.82, 2.24) is 10.2 Å². The van der Waals surface area contributed by atoms with E-state index in [1.807, 2.05) is 7.05 Å². The van der Waals surface area contributed by atoms with Crippen molar-refractivity contribution in [2.45, 2.75) is 25.1 Å². The quantitative estimate of drug-likeness (QED) is 0.882. The third-order valence-electron chi connectivity index (χ3n) is 3.41. The van der Waals surface area contributed by atoms with Gasteiger partial charge in [-0.3, -0.25) is 0 Å². The molecule has 0 radical (unpaired) electrons. The molecule has 1 aromatic rings. The summed E-state index contributed by atoms with van der Waals surface area (Å²) in [6.45, 7) is 1.74. The van der Waals surface area contributed by atoms with Crippen LogP contribution >= 0.6 is 0 Å². The summed E-state index contributed by atoms with van der Waals surface area (Å²) in [5, 5.41) is 5.23. The number of alkyl halides is 3.